The monoisotopic (exact) mass is 289 g/mol. The lowest BCUT2D eigenvalue weighted by molar-refractivity contribution is -0.135. The van der Waals surface area contributed by atoms with Gasteiger partial charge in [-0.2, -0.15) is 5.26 Å². The molecule has 2 N–H and O–H groups in total. The van der Waals surface area contributed by atoms with E-state index in [1.165, 1.54) is 6.07 Å². The van der Waals surface area contributed by atoms with Gasteiger partial charge in [-0.1, -0.05) is 6.07 Å². The van der Waals surface area contributed by atoms with Crippen LogP contribution in [-0.4, -0.2) is 23.4 Å². The third-order valence-corrected chi connectivity index (χ3v) is 4.06. The van der Waals surface area contributed by atoms with E-state index in [1.807, 2.05) is 13.0 Å². The van der Waals surface area contributed by atoms with Crippen LogP contribution in [0.15, 0.2) is 18.2 Å². The second-order valence-electron chi connectivity index (χ2n) is 5.54. The number of halogens is 1. The number of amides is 1. The highest BCUT2D eigenvalue weighted by Crippen LogP contribution is 2.26. The van der Waals surface area contributed by atoms with Crippen molar-refractivity contribution in [3.8, 4) is 6.07 Å². The molecule has 0 aliphatic heterocycles. The van der Waals surface area contributed by atoms with Gasteiger partial charge in [-0.05, 0) is 38.3 Å². The summed E-state index contributed by atoms with van der Waals surface area (Å²) in [6.45, 7) is 2.65. The molecule has 21 heavy (non-hydrogen) atoms. The zero-order valence-corrected chi connectivity index (χ0v) is 12.2. The summed E-state index contributed by atoms with van der Waals surface area (Å²) >= 11 is 0. The smallest absolute Gasteiger partial charge is 0.226 e. The summed E-state index contributed by atoms with van der Waals surface area (Å²) in [6.07, 6.45) is 2.40. The SMILES string of the molecule is CCN(Cc1ccc(C#N)cc1F)C(=O)C1CCC(N)C1. The topological polar surface area (TPSA) is 70.1 Å². The van der Waals surface area contributed by atoms with Gasteiger partial charge in [0.1, 0.15) is 5.82 Å². The van der Waals surface area contributed by atoms with Gasteiger partial charge in [-0.15, -0.1) is 0 Å². The molecule has 0 aromatic heterocycles. The molecule has 1 aromatic rings. The lowest BCUT2D eigenvalue weighted by Crippen LogP contribution is -2.35. The molecule has 1 aromatic carbocycles. The number of carbonyl (C=O) groups is 1. The first-order valence-electron chi connectivity index (χ1n) is 7.28. The van der Waals surface area contributed by atoms with Crippen molar-refractivity contribution >= 4 is 5.91 Å². The van der Waals surface area contributed by atoms with E-state index in [1.54, 1.807) is 17.0 Å². The summed E-state index contributed by atoms with van der Waals surface area (Å²) in [5, 5.41) is 8.74. The van der Waals surface area contributed by atoms with Crippen LogP contribution in [0.3, 0.4) is 0 Å². The van der Waals surface area contributed by atoms with E-state index < -0.39 is 5.82 Å². The van der Waals surface area contributed by atoms with E-state index in [0.717, 1.165) is 12.8 Å². The average molecular weight is 289 g/mol. The molecular weight excluding hydrogens is 269 g/mol. The molecule has 1 aliphatic rings. The van der Waals surface area contributed by atoms with Crippen molar-refractivity contribution in [1.29, 1.82) is 5.26 Å². The maximum absolute atomic E-state index is 13.9. The van der Waals surface area contributed by atoms with Gasteiger partial charge < -0.3 is 10.6 Å². The Hall–Kier alpha value is -1.93. The summed E-state index contributed by atoms with van der Waals surface area (Å²) in [6, 6.07) is 6.35. The number of benzene rings is 1. The summed E-state index contributed by atoms with van der Waals surface area (Å²) < 4.78 is 13.9. The highest BCUT2D eigenvalue weighted by Gasteiger charge is 2.30. The van der Waals surface area contributed by atoms with Crippen molar-refractivity contribution < 1.29 is 9.18 Å². The molecule has 1 amide bonds. The van der Waals surface area contributed by atoms with E-state index >= 15 is 0 Å². The van der Waals surface area contributed by atoms with Gasteiger partial charge in [0.05, 0.1) is 11.6 Å². The lowest BCUT2D eigenvalue weighted by atomic mass is 10.1. The van der Waals surface area contributed by atoms with E-state index in [0.29, 0.717) is 18.5 Å². The standard InChI is InChI=1S/C16H20FN3O/c1-2-20(16(21)12-5-6-14(19)8-12)10-13-4-3-11(9-18)7-15(13)17/h3-4,7,12,14H,2,5-6,8,10,19H2,1H3. The minimum absolute atomic E-state index is 0.0404. The Kier molecular flexibility index (Phi) is 4.92. The molecule has 0 spiro atoms. The largest absolute Gasteiger partial charge is 0.338 e. The van der Waals surface area contributed by atoms with E-state index in [-0.39, 0.29) is 30.0 Å². The Morgan fingerprint density at radius 1 is 1.52 bits per heavy atom. The Morgan fingerprint density at radius 2 is 2.29 bits per heavy atom. The quantitative estimate of drug-likeness (QED) is 0.923. The van der Waals surface area contributed by atoms with Crippen molar-refractivity contribution in [1.82, 2.24) is 4.90 Å². The predicted molar refractivity (Wildman–Crippen MR) is 77.5 cm³/mol. The molecule has 0 radical (unpaired) electrons. The molecule has 2 atom stereocenters. The normalized spacial score (nSPS) is 21.0. The molecule has 0 bridgehead atoms. The maximum atomic E-state index is 13.9. The zero-order valence-electron chi connectivity index (χ0n) is 12.2. The van der Waals surface area contributed by atoms with Crippen LogP contribution in [0.4, 0.5) is 4.39 Å². The second kappa shape index (κ2) is 6.68. The van der Waals surface area contributed by atoms with Crippen LogP contribution in [-0.2, 0) is 11.3 Å². The molecule has 1 aliphatic carbocycles. The van der Waals surface area contributed by atoms with Gasteiger partial charge in [-0.25, -0.2) is 4.39 Å². The Labute approximate surface area is 124 Å². The van der Waals surface area contributed by atoms with E-state index in [2.05, 4.69) is 0 Å². The molecule has 2 rings (SSSR count). The van der Waals surface area contributed by atoms with Gasteiger partial charge >= 0.3 is 0 Å². The highest BCUT2D eigenvalue weighted by atomic mass is 19.1. The van der Waals surface area contributed by atoms with Crippen molar-refractivity contribution in [2.75, 3.05) is 6.54 Å². The summed E-state index contributed by atoms with van der Waals surface area (Å²) in [5.74, 6) is -0.431. The molecule has 1 saturated carbocycles. The molecular formula is C16H20FN3O. The van der Waals surface area contributed by atoms with Crippen LogP contribution in [0.5, 0.6) is 0 Å². The number of hydrogen-bond donors (Lipinski definition) is 1. The Bertz CT molecular complexity index is 567. The van der Waals surface area contributed by atoms with Crippen molar-refractivity contribution in [3.63, 3.8) is 0 Å². The van der Waals surface area contributed by atoms with Crippen LogP contribution < -0.4 is 5.73 Å². The number of nitriles is 1. The van der Waals surface area contributed by atoms with Gasteiger partial charge in [0.25, 0.3) is 0 Å². The third kappa shape index (κ3) is 3.59. The number of nitrogens with zero attached hydrogens (tertiary/aromatic N) is 2. The second-order valence-corrected chi connectivity index (χ2v) is 5.54. The van der Waals surface area contributed by atoms with Crippen molar-refractivity contribution in [3.05, 3.63) is 35.1 Å². The fourth-order valence-electron chi connectivity index (χ4n) is 2.80. The Morgan fingerprint density at radius 3 is 2.81 bits per heavy atom. The van der Waals surface area contributed by atoms with E-state index in [4.69, 9.17) is 11.0 Å². The van der Waals surface area contributed by atoms with E-state index in [9.17, 15) is 9.18 Å². The van der Waals surface area contributed by atoms with Crippen LogP contribution in [0, 0.1) is 23.1 Å². The van der Waals surface area contributed by atoms with Crippen LogP contribution in [0.25, 0.3) is 0 Å². The minimum atomic E-state index is -0.441. The first kappa shape index (κ1) is 15.5. The van der Waals surface area contributed by atoms with Crippen LogP contribution in [0.1, 0.15) is 37.3 Å². The zero-order chi connectivity index (χ0) is 15.4. The van der Waals surface area contributed by atoms with Crippen LogP contribution in [0.2, 0.25) is 0 Å². The van der Waals surface area contributed by atoms with Gasteiger partial charge in [0.15, 0.2) is 0 Å². The third-order valence-electron chi connectivity index (χ3n) is 4.06. The highest BCUT2D eigenvalue weighted by molar-refractivity contribution is 5.79. The minimum Gasteiger partial charge on any atom is -0.338 e. The molecule has 0 saturated heterocycles. The lowest BCUT2D eigenvalue weighted by Gasteiger charge is -2.24. The van der Waals surface area contributed by atoms with Gasteiger partial charge in [0.2, 0.25) is 5.91 Å². The number of rotatable bonds is 4. The average Bonchev–Trinajstić information content (AvgIpc) is 2.92. The van der Waals surface area contributed by atoms with Crippen molar-refractivity contribution in [2.24, 2.45) is 11.7 Å². The molecule has 4 nitrogen and oxygen atoms in total. The fourth-order valence-corrected chi connectivity index (χ4v) is 2.80. The maximum Gasteiger partial charge on any atom is 0.226 e. The molecule has 112 valence electrons. The molecule has 0 heterocycles. The van der Waals surface area contributed by atoms with Gasteiger partial charge in [-0.3, -0.25) is 4.79 Å². The number of hydrogen-bond acceptors (Lipinski definition) is 3. The molecule has 1 fully saturated rings. The summed E-state index contributed by atoms with van der Waals surface area (Å²) in [7, 11) is 0. The number of nitrogens with two attached hydrogens (primary N) is 1. The molecule has 2 unspecified atom stereocenters. The first-order chi connectivity index (χ1) is 10.0. The summed E-state index contributed by atoms with van der Waals surface area (Å²) in [5.41, 5.74) is 6.57. The Balaban J connectivity index is 2.08. The fraction of sp³-hybridized carbons (Fsp3) is 0.500. The van der Waals surface area contributed by atoms with Crippen LogP contribution >= 0.6 is 0 Å². The predicted octanol–water partition coefficient (Wildman–Crippen LogP) is 2.17. The number of carbonyl (C=O) groups excluding carboxylic acids is 1. The van der Waals surface area contributed by atoms with Crippen molar-refractivity contribution in [2.45, 2.75) is 38.8 Å². The molecule has 5 heteroatoms. The first-order valence-corrected chi connectivity index (χ1v) is 7.28. The summed E-state index contributed by atoms with van der Waals surface area (Å²) in [4.78, 5) is 14.1. The van der Waals surface area contributed by atoms with Gasteiger partial charge in [0, 0.05) is 30.6 Å².